The van der Waals surface area contributed by atoms with E-state index in [1.54, 1.807) is 34.3 Å². The van der Waals surface area contributed by atoms with Crippen LogP contribution in [0, 0.1) is 6.92 Å². The van der Waals surface area contributed by atoms with Gasteiger partial charge in [0, 0.05) is 53.9 Å². The third-order valence-electron chi connectivity index (χ3n) is 7.74. The van der Waals surface area contributed by atoms with Gasteiger partial charge in [0.2, 0.25) is 0 Å². The second kappa shape index (κ2) is 10.1. The Labute approximate surface area is 221 Å². The summed E-state index contributed by atoms with van der Waals surface area (Å²) in [5.41, 5.74) is 8.82. The molecule has 0 aliphatic carbocycles. The van der Waals surface area contributed by atoms with E-state index in [2.05, 4.69) is 64.2 Å². The van der Waals surface area contributed by atoms with Crippen LogP contribution in [0.4, 0.5) is 5.69 Å². The van der Waals surface area contributed by atoms with Crippen molar-refractivity contribution in [1.29, 1.82) is 0 Å². The highest BCUT2D eigenvalue weighted by atomic mass is 32.1. The monoisotopic (exact) mass is 524 g/mol. The molecule has 37 heavy (non-hydrogen) atoms. The normalized spacial score (nSPS) is 23.5. The molecule has 2 aliphatic rings. The number of hydrazine groups is 1. The largest absolute Gasteiger partial charge is 0.351 e. The van der Waals surface area contributed by atoms with Gasteiger partial charge >= 0.3 is 0 Å². The Morgan fingerprint density at radius 1 is 1.19 bits per heavy atom. The molecule has 2 unspecified atom stereocenters. The highest BCUT2D eigenvalue weighted by Gasteiger charge is 2.33. The second-order valence-corrected chi connectivity index (χ2v) is 11.9. The number of fused-ring (bicyclic) bond motifs is 1. The molecule has 0 bridgehead atoms. The minimum atomic E-state index is -0.272. The van der Waals surface area contributed by atoms with Gasteiger partial charge in [0.05, 0.1) is 28.7 Å². The van der Waals surface area contributed by atoms with Crippen LogP contribution in [0.25, 0.3) is 4.83 Å². The number of carbonyl (C=O) groups excluding carboxylic acids is 2. The number of aromatic nitrogens is 3. The van der Waals surface area contributed by atoms with E-state index in [1.165, 1.54) is 17.7 Å². The van der Waals surface area contributed by atoms with E-state index >= 15 is 0 Å². The van der Waals surface area contributed by atoms with Crippen LogP contribution in [0.1, 0.15) is 77.7 Å². The molecule has 2 atom stereocenters. The number of nitrogens with zero attached hydrogens (tertiary/aromatic N) is 4. The lowest BCUT2D eigenvalue weighted by Gasteiger charge is -2.31. The molecule has 0 aromatic carbocycles. The molecule has 2 amide bonds. The molecule has 11 heteroatoms. The number of hydrogen-bond donors (Lipinski definition) is 4. The summed E-state index contributed by atoms with van der Waals surface area (Å²) in [5.74, 6) is -0.176. The lowest BCUT2D eigenvalue weighted by atomic mass is 9.96. The third-order valence-corrected chi connectivity index (χ3v) is 8.95. The zero-order valence-electron chi connectivity index (χ0n) is 22.1. The molecule has 5 heterocycles. The van der Waals surface area contributed by atoms with Crippen molar-refractivity contribution in [3.63, 3.8) is 0 Å². The maximum Gasteiger partial charge on any atom is 0.260 e. The molecular formula is C26H36N8O2S. The van der Waals surface area contributed by atoms with Crippen molar-refractivity contribution in [3.05, 3.63) is 46.4 Å². The van der Waals surface area contributed by atoms with Gasteiger partial charge in [-0.3, -0.25) is 30.3 Å². The summed E-state index contributed by atoms with van der Waals surface area (Å²) in [7, 11) is 0. The van der Waals surface area contributed by atoms with Gasteiger partial charge in [0.15, 0.2) is 0 Å². The number of aryl methyl sites for hydroxylation is 1. The molecular weight excluding hydrogens is 488 g/mol. The average Bonchev–Trinajstić information content (AvgIpc) is 3.59. The van der Waals surface area contributed by atoms with Crippen LogP contribution in [0.3, 0.4) is 0 Å². The number of amides is 2. The molecule has 0 spiro atoms. The summed E-state index contributed by atoms with van der Waals surface area (Å²) < 4.78 is 1.77. The molecule has 2 fully saturated rings. The van der Waals surface area contributed by atoms with Gasteiger partial charge in [0.25, 0.3) is 11.8 Å². The van der Waals surface area contributed by atoms with Crippen molar-refractivity contribution in [3.8, 4) is 0 Å². The number of nitrogens with one attached hydrogen (secondary N) is 4. The van der Waals surface area contributed by atoms with E-state index in [-0.39, 0.29) is 29.4 Å². The first kappa shape index (κ1) is 25.8. The van der Waals surface area contributed by atoms with Crippen LogP contribution in [0.5, 0.6) is 0 Å². The predicted octanol–water partition coefficient (Wildman–Crippen LogP) is 2.92. The van der Waals surface area contributed by atoms with E-state index in [0.29, 0.717) is 35.0 Å². The Kier molecular flexibility index (Phi) is 7.06. The van der Waals surface area contributed by atoms with Crippen LogP contribution < -0.4 is 21.5 Å². The Morgan fingerprint density at radius 2 is 1.95 bits per heavy atom. The van der Waals surface area contributed by atoms with Crippen molar-refractivity contribution in [2.24, 2.45) is 0 Å². The molecule has 4 N–H and O–H groups in total. The Balaban J connectivity index is 1.26. The number of likely N-dealkylation sites (tertiary alicyclic amines) is 1. The van der Waals surface area contributed by atoms with Gasteiger partial charge in [-0.25, -0.2) is 4.52 Å². The predicted molar refractivity (Wildman–Crippen MR) is 145 cm³/mol. The van der Waals surface area contributed by atoms with Crippen LogP contribution in [-0.4, -0.2) is 68.6 Å². The molecule has 3 aromatic heterocycles. The van der Waals surface area contributed by atoms with Crippen molar-refractivity contribution < 1.29 is 9.59 Å². The van der Waals surface area contributed by atoms with Gasteiger partial charge < -0.3 is 10.6 Å². The van der Waals surface area contributed by atoms with Crippen molar-refractivity contribution in [2.75, 3.05) is 25.0 Å². The van der Waals surface area contributed by atoms with Gasteiger partial charge in [-0.2, -0.15) is 5.10 Å². The van der Waals surface area contributed by atoms with Crippen molar-refractivity contribution in [1.82, 2.24) is 35.7 Å². The van der Waals surface area contributed by atoms with E-state index in [4.69, 9.17) is 0 Å². The number of pyridine rings is 1. The Morgan fingerprint density at radius 3 is 2.65 bits per heavy atom. The first-order valence-electron chi connectivity index (χ1n) is 12.9. The van der Waals surface area contributed by atoms with E-state index in [1.807, 2.05) is 13.1 Å². The molecule has 198 valence electrons. The standard InChI is InChI=1S/C26H36N8O2S/c1-15-20(11-18(12-28-15)23(35)27-8-10-33-9-6-7-26(33,4)5)30-24(36)19-13-29-34-14-21(37-25(19)34)22-16(2)31-32-17(22)3/h11-14,16-17,22,31-32H,6-10H2,1-5H3,(H,27,35)(H,30,36). The SMILES string of the molecule is Cc1ncc(C(=O)NCCN2CCCC2(C)C)cc1NC(=O)c1cnn2cc(C3C(C)NNC3C)sc12. The fraction of sp³-hybridized carbons (Fsp3) is 0.538. The molecule has 10 nitrogen and oxygen atoms in total. The van der Waals surface area contributed by atoms with Crippen LogP contribution in [-0.2, 0) is 0 Å². The number of thiazole rings is 1. The zero-order valence-corrected chi connectivity index (χ0v) is 22.9. The van der Waals surface area contributed by atoms with Gasteiger partial charge in [-0.05, 0) is 60.1 Å². The molecule has 2 saturated heterocycles. The maximum absolute atomic E-state index is 13.2. The van der Waals surface area contributed by atoms with Gasteiger partial charge in [0.1, 0.15) is 4.83 Å². The summed E-state index contributed by atoms with van der Waals surface area (Å²) >= 11 is 1.58. The van der Waals surface area contributed by atoms with Crippen LogP contribution in [0.15, 0.2) is 24.7 Å². The summed E-state index contributed by atoms with van der Waals surface area (Å²) in [6.07, 6.45) is 7.51. The van der Waals surface area contributed by atoms with E-state index in [9.17, 15) is 9.59 Å². The molecule has 2 aliphatic heterocycles. The minimum Gasteiger partial charge on any atom is -0.351 e. The summed E-state index contributed by atoms with van der Waals surface area (Å²) in [6.45, 7) is 13.0. The average molecular weight is 525 g/mol. The molecule has 0 saturated carbocycles. The fourth-order valence-corrected chi connectivity index (χ4v) is 6.81. The number of hydrogen-bond acceptors (Lipinski definition) is 8. The maximum atomic E-state index is 13.2. The van der Waals surface area contributed by atoms with Crippen LogP contribution in [0.2, 0.25) is 0 Å². The highest BCUT2D eigenvalue weighted by Crippen LogP contribution is 2.34. The Bertz CT molecular complexity index is 1310. The second-order valence-electron chi connectivity index (χ2n) is 10.8. The van der Waals surface area contributed by atoms with Crippen molar-refractivity contribution in [2.45, 2.75) is 71.0 Å². The topological polar surface area (TPSA) is 116 Å². The quantitative estimate of drug-likeness (QED) is 0.376. The van der Waals surface area contributed by atoms with Crippen molar-refractivity contribution >= 4 is 33.7 Å². The summed E-state index contributed by atoms with van der Waals surface area (Å²) in [5, 5.41) is 10.4. The first-order chi connectivity index (χ1) is 17.6. The first-order valence-corrected chi connectivity index (χ1v) is 13.7. The summed E-state index contributed by atoms with van der Waals surface area (Å²) in [6, 6.07) is 2.25. The molecule has 5 rings (SSSR count). The lowest BCUT2D eigenvalue weighted by molar-refractivity contribution is 0.0938. The number of rotatable bonds is 7. The number of carbonyl (C=O) groups is 2. The zero-order chi connectivity index (χ0) is 26.3. The fourth-order valence-electron chi connectivity index (χ4n) is 5.44. The smallest absolute Gasteiger partial charge is 0.260 e. The Hall–Kier alpha value is -2.86. The van der Waals surface area contributed by atoms with Gasteiger partial charge in [-0.1, -0.05) is 0 Å². The lowest BCUT2D eigenvalue weighted by Crippen LogP contribution is -2.43. The molecule has 3 aromatic rings. The van der Waals surface area contributed by atoms with Gasteiger partial charge in [-0.15, -0.1) is 11.3 Å². The summed E-state index contributed by atoms with van der Waals surface area (Å²) in [4.78, 5) is 34.8. The molecule has 0 radical (unpaired) electrons. The van der Waals surface area contributed by atoms with E-state index in [0.717, 1.165) is 17.9 Å². The van der Waals surface area contributed by atoms with Crippen LogP contribution >= 0.6 is 11.3 Å². The highest BCUT2D eigenvalue weighted by molar-refractivity contribution is 7.18. The third kappa shape index (κ3) is 5.13. The minimum absolute atomic E-state index is 0.178. The number of anilines is 1. The van der Waals surface area contributed by atoms with E-state index < -0.39 is 0 Å².